The van der Waals surface area contributed by atoms with E-state index < -0.39 is 11.1 Å². The van der Waals surface area contributed by atoms with Crippen LogP contribution in [0.15, 0.2) is 65.5 Å². The average Bonchev–Trinajstić information content (AvgIpc) is 2.61. The number of aromatic nitrogens is 1. The molecule has 6 heteroatoms. The van der Waals surface area contributed by atoms with Crippen LogP contribution in [0.2, 0.25) is 0 Å². The quantitative estimate of drug-likeness (QED) is 0.573. The van der Waals surface area contributed by atoms with E-state index in [-0.39, 0.29) is 11.2 Å². The van der Waals surface area contributed by atoms with Crippen LogP contribution in [0.4, 0.5) is 11.4 Å². The molecule has 6 nitrogen and oxygen atoms in total. The third-order valence-electron chi connectivity index (χ3n) is 4.41. The third kappa shape index (κ3) is 2.48. The summed E-state index contributed by atoms with van der Waals surface area (Å²) in [6.45, 7) is 2.01. The molecule has 124 valence electrons. The molecule has 0 bridgehead atoms. The standard InChI is InChI=1S/C19H15N3O3/c1-12-5-10-16-15(11-12)17-3-2-4-18(23)21(17)19(20-16)13-6-8-14(9-7-13)22(24)25/h2-11,19-20H,1H3. The number of nitrogens with one attached hydrogen (secondary N) is 1. The first-order valence-corrected chi connectivity index (χ1v) is 7.88. The molecule has 1 unspecified atom stereocenters. The van der Waals surface area contributed by atoms with E-state index in [1.165, 1.54) is 18.2 Å². The van der Waals surface area contributed by atoms with Crippen LogP contribution in [-0.4, -0.2) is 9.49 Å². The molecule has 0 radical (unpaired) electrons. The molecule has 1 aliphatic rings. The number of fused-ring (bicyclic) bond motifs is 3. The van der Waals surface area contributed by atoms with Gasteiger partial charge in [0.1, 0.15) is 6.17 Å². The normalized spacial score (nSPS) is 15.0. The largest absolute Gasteiger partial charge is 0.361 e. The second-order valence-corrected chi connectivity index (χ2v) is 6.06. The number of nitro groups is 1. The summed E-state index contributed by atoms with van der Waals surface area (Å²) in [7, 11) is 0. The van der Waals surface area contributed by atoms with E-state index in [1.54, 1.807) is 22.8 Å². The number of non-ortho nitro benzene ring substituents is 1. The molecule has 0 spiro atoms. The van der Waals surface area contributed by atoms with Crippen LogP contribution in [-0.2, 0) is 0 Å². The van der Waals surface area contributed by atoms with Crippen molar-refractivity contribution in [2.24, 2.45) is 0 Å². The summed E-state index contributed by atoms with van der Waals surface area (Å²) >= 11 is 0. The highest BCUT2D eigenvalue weighted by atomic mass is 16.6. The van der Waals surface area contributed by atoms with Gasteiger partial charge in [-0.3, -0.25) is 19.5 Å². The number of benzene rings is 2. The SMILES string of the molecule is Cc1ccc2c(c1)-c1cccc(=O)n1C(c1ccc([N+](=O)[O-])cc1)N2. The molecular weight excluding hydrogens is 318 g/mol. The molecule has 2 aromatic carbocycles. The highest BCUT2D eigenvalue weighted by Crippen LogP contribution is 2.37. The Bertz CT molecular complexity index is 1040. The van der Waals surface area contributed by atoms with E-state index in [0.29, 0.717) is 0 Å². The summed E-state index contributed by atoms with van der Waals surface area (Å²) < 4.78 is 1.68. The summed E-state index contributed by atoms with van der Waals surface area (Å²) in [5.41, 5.74) is 4.52. The van der Waals surface area contributed by atoms with Gasteiger partial charge in [0.2, 0.25) is 0 Å². The van der Waals surface area contributed by atoms with Crippen molar-refractivity contribution < 1.29 is 4.92 Å². The molecule has 1 N–H and O–H groups in total. The average molecular weight is 333 g/mol. The minimum Gasteiger partial charge on any atom is -0.361 e. The minimum atomic E-state index is -0.434. The molecule has 1 aliphatic heterocycles. The Morgan fingerprint density at radius 2 is 1.84 bits per heavy atom. The van der Waals surface area contributed by atoms with E-state index in [1.807, 2.05) is 31.2 Å². The number of anilines is 1. The highest BCUT2D eigenvalue weighted by Gasteiger charge is 2.25. The summed E-state index contributed by atoms with van der Waals surface area (Å²) in [5, 5.41) is 14.3. The molecule has 0 saturated carbocycles. The topological polar surface area (TPSA) is 77.2 Å². The van der Waals surface area contributed by atoms with Crippen molar-refractivity contribution in [2.75, 3.05) is 5.32 Å². The zero-order chi connectivity index (χ0) is 17.6. The summed E-state index contributed by atoms with van der Waals surface area (Å²) in [4.78, 5) is 23.0. The zero-order valence-corrected chi connectivity index (χ0v) is 13.5. The molecule has 3 aromatic rings. The van der Waals surface area contributed by atoms with Crippen LogP contribution < -0.4 is 10.9 Å². The Labute approximate surface area is 143 Å². The molecule has 25 heavy (non-hydrogen) atoms. The fourth-order valence-corrected chi connectivity index (χ4v) is 3.21. The van der Waals surface area contributed by atoms with Crippen LogP contribution in [0.3, 0.4) is 0 Å². The molecule has 1 atom stereocenters. The van der Waals surface area contributed by atoms with Gasteiger partial charge >= 0.3 is 0 Å². The highest BCUT2D eigenvalue weighted by molar-refractivity contribution is 5.79. The van der Waals surface area contributed by atoms with Gasteiger partial charge in [0.25, 0.3) is 11.2 Å². The predicted molar refractivity (Wildman–Crippen MR) is 95.7 cm³/mol. The fourth-order valence-electron chi connectivity index (χ4n) is 3.21. The zero-order valence-electron chi connectivity index (χ0n) is 13.5. The van der Waals surface area contributed by atoms with Crippen molar-refractivity contribution in [3.05, 3.63) is 92.3 Å². The van der Waals surface area contributed by atoms with E-state index in [4.69, 9.17) is 0 Å². The van der Waals surface area contributed by atoms with Crippen molar-refractivity contribution in [3.63, 3.8) is 0 Å². The smallest absolute Gasteiger partial charge is 0.269 e. The van der Waals surface area contributed by atoms with Crippen molar-refractivity contribution in [1.82, 2.24) is 4.57 Å². The molecule has 0 fully saturated rings. The second-order valence-electron chi connectivity index (χ2n) is 6.06. The first-order valence-electron chi connectivity index (χ1n) is 7.88. The monoisotopic (exact) mass is 333 g/mol. The van der Waals surface area contributed by atoms with Crippen LogP contribution in [0, 0.1) is 17.0 Å². The van der Waals surface area contributed by atoms with Crippen LogP contribution in [0.5, 0.6) is 0 Å². The molecule has 2 heterocycles. The maximum Gasteiger partial charge on any atom is 0.269 e. The van der Waals surface area contributed by atoms with Gasteiger partial charge in [0.05, 0.1) is 10.6 Å². The van der Waals surface area contributed by atoms with Crippen LogP contribution >= 0.6 is 0 Å². The Kier molecular flexibility index (Phi) is 3.39. The minimum absolute atomic E-state index is 0.0243. The van der Waals surface area contributed by atoms with Gasteiger partial charge in [-0.25, -0.2) is 0 Å². The van der Waals surface area contributed by atoms with Crippen molar-refractivity contribution >= 4 is 11.4 Å². The molecule has 4 rings (SSSR count). The summed E-state index contributed by atoms with van der Waals surface area (Å²) in [6.07, 6.45) is -0.417. The lowest BCUT2D eigenvalue weighted by Crippen LogP contribution is -2.34. The number of rotatable bonds is 2. The number of aryl methyl sites for hydroxylation is 1. The Morgan fingerprint density at radius 1 is 1.08 bits per heavy atom. The van der Waals surface area contributed by atoms with Crippen LogP contribution in [0.1, 0.15) is 17.3 Å². The molecule has 0 saturated heterocycles. The number of pyridine rings is 1. The Balaban J connectivity index is 1.90. The molecular formula is C19H15N3O3. The molecule has 0 aliphatic carbocycles. The maximum atomic E-state index is 12.5. The Hall–Kier alpha value is -3.41. The third-order valence-corrected chi connectivity index (χ3v) is 4.41. The second kappa shape index (κ2) is 5.59. The van der Waals surface area contributed by atoms with Gasteiger partial charge in [-0.15, -0.1) is 0 Å². The lowest BCUT2D eigenvalue weighted by atomic mass is 10.0. The van der Waals surface area contributed by atoms with Gasteiger partial charge < -0.3 is 5.32 Å². The van der Waals surface area contributed by atoms with E-state index >= 15 is 0 Å². The number of nitro benzene ring substituents is 1. The van der Waals surface area contributed by atoms with Gasteiger partial charge in [-0.2, -0.15) is 0 Å². The summed E-state index contributed by atoms with van der Waals surface area (Å²) in [6, 6.07) is 17.5. The van der Waals surface area contributed by atoms with Crippen molar-refractivity contribution in [2.45, 2.75) is 13.1 Å². The lowest BCUT2D eigenvalue weighted by molar-refractivity contribution is -0.384. The summed E-state index contributed by atoms with van der Waals surface area (Å²) in [5.74, 6) is 0. The number of hydrogen-bond acceptors (Lipinski definition) is 4. The van der Waals surface area contributed by atoms with Crippen molar-refractivity contribution in [3.8, 4) is 11.3 Å². The van der Waals surface area contributed by atoms with Gasteiger partial charge in [0.15, 0.2) is 0 Å². The maximum absolute atomic E-state index is 12.5. The van der Waals surface area contributed by atoms with Gasteiger partial charge in [-0.05, 0) is 42.8 Å². The lowest BCUT2D eigenvalue weighted by Gasteiger charge is -2.32. The Morgan fingerprint density at radius 3 is 2.56 bits per heavy atom. The molecule has 0 amide bonds. The van der Waals surface area contributed by atoms with Crippen molar-refractivity contribution in [1.29, 1.82) is 0 Å². The first kappa shape index (κ1) is 15.1. The number of hydrogen-bond donors (Lipinski definition) is 1. The van der Waals surface area contributed by atoms with E-state index in [2.05, 4.69) is 5.32 Å². The van der Waals surface area contributed by atoms with Gasteiger partial charge in [-0.1, -0.05) is 17.7 Å². The number of nitrogens with zero attached hydrogens (tertiary/aromatic N) is 2. The predicted octanol–water partition coefficient (Wildman–Crippen LogP) is 3.70. The van der Waals surface area contributed by atoms with Crippen LogP contribution in [0.25, 0.3) is 11.3 Å². The van der Waals surface area contributed by atoms with Gasteiger partial charge in [0, 0.05) is 29.4 Å². The molecule has 1 aromatic heterocycles. The first-order chi connectivity index (χ1) is 12.0. The van der Waals surface area contributed by atoms with E-state index in [9.17, 15) is 14.9 Å². The van der Waals surface area contributed by atoms with E-state index in [0.717, 1.165) is 28.1 Å². The fraction of sp³-hybridized carbons (Fsp3) is 0.105.